The quantitative estimate of drug-likeness (QED) is 0.907. The summed E-state index contributed by atoms with van der Waals surface area (Å²) in [7, 11) is 1.87. The van der Waals surface area contributed by atoms with Gasteiger partial charge >= 0.3 is 0 Å². The van der Waals surface area contributed by atoms with Crippen molar-refractivity contribution >= 4 is 5.91 Å². The van der Waals surface area contributed by atoms with Gasteiger partial charge in [0.2, 0.25) is 0 Å². The molecular weight excluding hydrogens is 236 g/mol. The molecule has 0 fully saturated rings. The minimum absolute atomic E-state index is 0.0687. The van der Waals surface area contributed by atoms with Crippen molar-refractivity contribution in [2.24, 2.45) is 11.1 Å². The van der Waals surface area contributed by atoms with E-state index in [2.05, 4.69) is 27.7 Å². The van der Waals surface area contributed by atoms with Crippen LogP contribution in [0.3, 0.4) is 0 Å². The van der Waals surface area contributed by atoms with Gasteiger partial charge < -0.3 is 10.6 Å². The highest BCUT2D eigenvalue weighted by atomic mass is 16.2. The minimum Gasteiger partial charge on any atom is -0.338 e. The predicted octanol–water partition coefficient (Wildman–Crippen LogP) is 2.69. The molecule has 0 saturated carbocycles. The standard InChI is InChI=1S/C16H26N2O/c1-12(16(2,3)4)18(5)15(19)14-8-6-7-13(11-14)9-10-17/h6-8,11-12H,9-10,17H2,1-5H3. The summed E-state index contributed by atoms with van der Waals surface area (Å²) in [6.45, 7) is 9.12. The van der Waals surface area contributed by atoms with Crippen LogP contribution in [0.25, 0.3) is 0 Å². The molecule has 0 aromatic heterocycles. The lowest BCUT2D eigenvalue weighted by atomic mass is 9.87. The third-order valence-electron chi connectivity index (χ3n) is 3.76. The zero-order valence-electron chi connectivity index (χ0n) is 12.7. The van der Waals surface area contributed by atoms with Crippen LogP contribution in [0.2, 0.25) is 0 Å². The number of nitrogens with zero attached hydrogens (tertiary/aromatic N) is 1. The lowest BCUT2D eigenvalue weighted by Gasteiger charge is -2.35. The number of hydrogen-bond acceptors (Lipinski definition) is 2. The summed E-state index contributed by atoms with van der Waals surface area (Å²) in [5.41, 5.74) is 7.48. The maximum Gasteiger partial charge on any atom is 0.253 e. The second-order valence-electron chi connectivity index (χ2n) is 6.20. The van der Waals surface area contributed by atoms with Gasteiger partial charge in [0.1, 0.15) is 0 Å². The number of amides is 1. The molecule has 0 aliphatic heterocycles. The highest BCUT2D eigenvalue weighted by molar-refractivity contribution is 5.94. The SMILES string of the molecule is CC(N(C)C(=O)c1cccc(CCN)c1)C(C)(C)C. The molecule has 0 aliphatic rings. The number of nitrogens with two attached hydrogens (primary N) is 1. The molecule has 0 aliphatic carbocycles. The summed E-state index contributed by atoms with van der Waals surface area (Å²) in [5.74, 6) is 0.0706. The second-order valence-corrected chi connectivity index (χ2v) is 6.20. The topological polar surface area (TPSA) is 46.3 Å². The van der Waals surface area contributed by atoms with Gasteiger partial charge in [0, 0.05) is 18.7 Å². The maximum absolute atomic E-state index is 12.5. The monoisotopic (exact) mass is 262 g/mol. The molecule has 3 nitrogen and oxygen atoms in total. The Morgan fingerprint density at radius 1 is 1.37 bits per heavy atom. The van der Waals surface area contributed by atoms with Gasteiger partial charge in [0.25, 0.3) is 5.91 Å². The van der Waals surface area contributed by atoms with Crippen molar-refractivity contribution in [2.45, 2.75) is 40.2 Å². The zero-order valence-corrected chi connectivity index (χ0v) is 12.7. The lowest BCUT2D eigenvalue weighted by Crippen LogP contribution is -2.43. The summed E-state index contributed by atoms with van der Waals surface area (Å²) < 4.78 is 0. The van der Waals surface area contributed by atoms with Crippen LogP contribution in [0.4, 0.5) is 0 Å². The average Bonchev–Trinajstić information content (AvgIpc) is 2.36. The fourth-order valence-electron chi connectivity index (χ4n) is 1.99. The van der Waals surface area contributed by atoms with Crippen LogP contribution in [-0.4, -0.2) is 30.4 Å². The van der Waals surface area contributed by atoms with Crippen LogP contribution in [-0.2, 0) is 6.42 Å². The third-order valence-corrected chi connectivity index (χ3v) is 3.76. The van der Waals surface area contributed by atoms with Crippen molar-refractivity contribution in [3.05, 3.63) is 35.4 Å². The molecule has 1 rings (SSSR count). The van der Waals surface area contributed by atoms with Gasteiger partial charge in [-0.3, -0.25) is 4.79 Å². The number of carbonyl (C=O) groups excluding carboxylic acids is 1. The van der Waals surface area contributed by atoms with Gasteiger partial charge in [0.15, 0.2) is 0 Å². The van der Waals surface area contributed by atoms with Gasteiger partial charge in [-0.2, -0.15) is 0 Å². The lowest BCUT2D eigenvalue weighted by molar-refractivity contribution is 0.0629. The Bertz CT molecular complexity index is 435. The molecule has 2 N–H and O–H groups in total. The second kappa shape index (κ2) is 6.20. The van der Waals surface area contributed by atoms with E-state index in [1.54, 1.807) is 0 Å². The first-order chi connectivity index (χ1) is 8.77. The number of benzene rings is 1. The van der Waals surface area contributed by atoms with E-state index in [4.69, 9.17) is 5.73 Å². The molecule has 1 aromatic rings. The minimum atomic E-state index is 0.0687. The molecule has 1 aromatic carbocycles. The van der Waals surface area contributed by atoms with Crippen molar-refractivity contribution in [2.75, 3.05) is 13.6 Å². The molecular formula is C16H26N2O. The molecule has 0 saturated heterocycles. The van der Waals surface area contributed by atoms with Crippen LogP contribution in [0.1, 0.15) is 43.6 Å². The Morgan fingerprint density at radius 2 is 2.00 bits per heavy atom. The van der Waals surface area contributed by atoms with E-state index in [0.717, 1.165) is 17.5 Å². The van der Waals surface area contributed by atoms with Gasteiger partial charge in [-0.1, -0.05) is 32.9 Å². The van der Waals surface area contributed by atoms with Crippen molar-refractivity contribution in [3.8, 4) is 0 Å². The smallest absolute Gasteiger partial charge is 0.253 e. The Hall–Kier alpha value is -1.35. The van der Waals surface area contributed by atoms with E-state index in [1.807, 2.05) is 36.2 Å². The Morgan fingerprint density at radius 3 is 2.53 bits per heavy atom. The summed E-state index contributed by atoms with van der Waals surface area (Å²) in [4.78, 5) is 14.3. The largest absolute Gasteiger partial charge is 0.338 e. The Balaban J connectivity index is 2.91. The van der Waals surface area contributed by atoms with Gasteiger partial charge in [-0.15, -0.1) is 0 Å². The first-order valence-electron chi connectivity index (χ1n) is 6.83. The average molecular weight is 262 g/mol. The van der Waals surface area contributed by atoms with Crippen LogP contribution in [0, 0.1) is 5.41 Å². The molecule has 0 radical (unpaired) electrons. The molecule has 0 heterocycles. The van der Waals surface area contributed by atoms with Crippen LogP contribution in [0.5, 0.6) is 0 Å². The normalized spacial score (nSPS) is 13.2. The molecule has 0 bridgehead atoms. The summed E-state index contributed by atoms with van der Waals surface area (Å²) in [5, 5.41) is 0. The summed E-state index contributed by atoms with van der Waals surface area (Å²) >= 11 is 0. The fourth-order valence-corrected chi connectivity index (χ4v) is 1.99. The Kier molecular flexibility index (Phi) is 5.12. The van der Waals surface area contributed by atoms with Crippen molar-refractivity contribution in [3.63, 3.8) is 0 Å². The van der Waals surface area contributed by atoms with E-state index in [-0.39, 0.29) is 17.4 Å². The number of hydrogen-bond donors (Lipinski definition) is 1. The molecule has 3 heteroatoms. The van der Waals surface area contributed by atoms with Crippen LogP contribution < -0.4 is 5.73 Å². The maximum atomic E-state index is 12.5. The first kappa shape index (κ1) is 15.7. The van der Waals surface area contributed by atoms with Crippen molar-refractivity contribution in [1.82, 2.24) is 4.90 Å². The summed E-state index contributed by atoms with van der Waals surface area (Å²) in [6, 6.07) is 7.93. The van der Waals surface area contributed by atoms with E-state index in [1.165, 1.54) is 0 Å². The molecule has 106 valence electrons. The third kappa shape index (κ3) is 4.06. The molecule has 1 amide bonds. The van der Waals surface area contributed by atoms with E-state index >= 15 is 0 Å². The van der Waals surface area contributed by atoms with E-state index in [0.29, 0.717) is 6.54 Å². The number of carbonyl (C=O) groups is 1. The fraction of sp³-hybridized carbons (Fsp3) is 0.562. The molecule has 1 atom stereocenters. The Labute approximate surface area is 116 Å². The van der Waals surface area contributed by atoms with Gasteiger partial charge in [-0.25, -0.2) is 0 Å². The first-order valence-corrected chi connectivity index (χ1v) is 6.83. The summed E-state index contributed by atoms with van der Waals surface area (Å²) in [6.07, 6.45) is 0.805. The van der Waals surface area contributed by atoms with Gasteiger partial charge in [0.05, 0.1) is 0 Å². The van der Waals surface area contributed by atoms with Crippen molar-refractivity contribution in [1.29, 1.82) is 0 Å². The van der Waals surface area contributed by atoms with Gasteiger partial charge in [-0.05, 0) is 43.0 Å². The highest BCUT2D eigenvalue weighted by Gasteiger charge is 2.27. The van der Waals surface area contributed by atoms with E-state index < -0.39 is 0 Å². The number of rotatable bonds is 4. The van der Waals surface area contributed by atoms with Crippen LogP contribution >= 0.6 is 0 Å². The highest BCUT2D eigenvalue weighted by Crippen LogP contribution is 2.24. The van der Waals surface area contributed by atoms with E-state index in [9.17, 15) is 4.79 Å². The predicted molar refractivity (Wildman–Crippen MR) is 80.2 cm³/mol. The van der Waals surface area contributed by atoms with Crippen molar-refractivity contribution < 1.29 is 4.79 Å². The molecule has 1 unspecified atom stereocenters. The molecule has 19 heavy (non-hydrogen) atoms. The van der Waals surface area contributed by atoms with Crippen LogP contribution in [0.15, 0.2) is 24.3 Å². The zero-order chi connectivity index (χ0) is 14.6. The molecule has 0 spiro atoms.